The van der Waals surface area contributed by atoms with Gasteiger partial charge in [-0.1, -0.05) is 0 Å². The number of hydrogen-bond acceptors (Lipinski definition) is 3. The van der Waals surface area contributed by atoms with Gasteiger partial charge in [0.1, 0.15) is 11.3 Å². The summed E-state index contributed by atoms with van der Waals surface area (Å²) >= 11 is 5.42. The van der Waals surface area contributed by atoms with Gasteiger partial charge in [-0.25, -0.2) is 4.98 Å². The van der Waals surface area contributed by atoms with Crippen molar-refractivity contribution < 1.29 is 9.53 Å². The van der Waals surface area contributed by atoms with Crippen LogP contribution in [0.15, 0.2) is 18.5 Å². The van der Waals surface area contributed by atoms with Crippen molar-refractivity contribution in [1.29, 1.82) is 0 Å². The molecule has 1 N–H and O–H groups in total. The van der Waals surface area contributed by atoms with Crippen LogP contribution in [0.5, 0.6) is 5.75 Å². The van der Waals surface area contributed by atoms with Crippen molar-refractivity contribution in [2.45, 2.75) is 0 Å². The molecule has 14 heavy (non-hydrogen) atoms. The molecule has 0 aliphatic heterocycles. The van der Waals surface area contributed by atoms with Gasteiger partial charge in [-0.15, -0.1) is 0 Å². The highest BCUT2D eigenvalue weighted by Crippen LogP contribution is 2.23. The number of H-pyrrole nitrogens is 1. The quantitative estimate of drug-likeness (QED) is 0.771. The van der Waals surface area contributed by atoms with Crippen molar-refractivity contribution in [2.75, 3.05) is 7.11 Å². The second-order valence-corrected chi connectivity index (χ2v) is 3.09. The maximum Gasteiger partial charge on any atom is 0.254 e. The van der Waals surface area contributed by atoms with Gasteiger partial charge in [0.15, 0.2) is 0 Å². The zero-order valence-corrected chi connectivity index (χ0v) is 8.13. The summed E-state index contributed by atoms with van der Waals surface area (Å²) in [5.74, 6) is 0.575. The Morgan fingerprint density at radius 2 is 2.36 bits per heavy atom. The lowest BCUT2D eigenvalue weighted by Gasteiger charge is -2.01. The molecule has 0 atom stereocenters. The first-order valence-electron chi connectivity index (χ1n) is 3.93. The molecule has 0 fully saturated rings. The zero-order valence-electron chi connectivity index (χ0n) is 7.37. The van der Waals surface area contributed by atoms with E-state index >= 15 is 0 Å². The molecule has 1 aromatic heterocycles. The van der Waals surface area contributed by atoms with E-state index in [-0.39, 0.29) is 0 Å². The fourth-order valence-electron chi connectivity index (χ4n) is 1.29. The van der Waals surface area contributed by atoms with Crippen LogP contribution >= 0.6 is 11.6 Å². The van der Waals surface area contributed by atoms with Gasteiger partial charge in [0.05, 0.1) is 24.5 Å². The van der Waals surface area contributed by atoms with Gasteiger partial charge < -0.3 is 9.72 Å². The maximum atomic E-state index is 11.1. The minimum atomic E-state index is -0.541. The Morgan fingerprint density at radius 3 is 3.00 bits per heavy atom. The SMILES string of the molecule is COc1cc(C(=O)Cl)c2nc[nH]c2c1. The van der Waals surface area contributed by atoms with E-state index in [0.717, 1.165) is 5.52 Å². The normalized spacial score (nSPS) is 10.4. The number of hydrogen-bond donors (Lipinski definition) is 1. The standard InChI is InChI=1S/C9H7ClN2O2/c1-14-5-2-6(9(10)13)8-7(3-5)11-4-12-8/h2-4H,1H3,(H,11,12). The molecular weight excluding hydrogens is 204 g/mol. The molecule has 0 radical (unpaired) electrons. The van der Waals surface area contributed by atoms with E-state index < -0.39 is 5.24 Å². The summed E-state index contributed by atoms with van der Waals surface area (Å²) in [4.78, 5) is 18.0. The third-order valence-corrected chi connectivity index (χ3v) is 2.15. The highest BCUT2D eigenvalue weighted by molar-refractivity contribution is 6.68. The molecule has 2 rings (SSSR count). The minimum Gasteiger partial charge on any atom is -0.497 e. The average molecular weight is 211 g/mol. The summed E-state index contributed by atoms with van der Waals surface area (Å²) in [6.07, 6.45) is 1.51. The van der Waals surface area contributed by atoms with Crippen LogP contribution in [0, 0.1) is 0 Å². The number of ether oxygens (including phenoxy) is 1. The molecule has 72 valence electrons. The summed E-state index contributed by atoms with van der Waals surface area (Å²) in [7, 11) is 1.53. The number of nitrogens with zero attached hydrogens (tertiary/aromatic N) is 1. The van der Waals surface area contributed by atoms with Crippen LogP contribution in [0.3, 0.4) is 0 Å². The fraction of sp³-hybridized carbons (Fsp3) is 0.111. The first-order valence-corrected chi connectivity index (χ1v) is 4.31. The van der Waals surface area contributed by atoms with Crippen LogP contribution in [0.1, 0.15) is 10.4 Å². The predicted molar refractivity (Wildman–Crippen MR) is 52.8 cm³/mol. The molecular formula is C9H7ClN2O2. The molecule has 1 aromatic carbocycles. The second-order valence-electron chi connectivity index (χ2n) is 2.75. The Bertz CT molecular complexity index is 493. The van der Waals surface area contributed by atoms with Gasteiger partial charge in [-0.2, -0.15) is 0 Å². The molecule has 2 aromatic rings. The lowest BCUT2D eigenvalue weighted by atomic mass is 10.2. The molecule has 0 saturated carbocycles. The number of benzene rings is 1. The summed E-state index contributed by atoms with van der Waals surface area (Å²) in [5, 5.41) is -0.541. The number of methoxy groups -OCH3 is 1. The molecule has 0 aliphatic rings. The van der Waals surface area contributed by atoms with Crippen molar-refractivity contribution in [1.82, 2.24) is 9.97 Å². The van der Waals surface area contributed by atoms with Crippen LogP contribution in [0.4, 0.5) is 0 Å². The van der Waals surface area contributed by atoms with E-state index in [1.165, 1.54) is 13.4 Å². The van der Waals surface area contributed by atoms with Gasteiger partial charge >= 0.3 is 0 Å². The number of carbonyl (C=O) groups excluding carboxylic acids is 1. The van der Waals surface area contributed by atoms with Crippen molar-refractivity contribution in [2.24, 2.45) is 0 Å². The summed E-state index contributed by atoms with van der Waals surface area (Å²) in [5.41, 5.74) is 1.64. The molecule has 0 unspecified atom stereocenters. The van der Waals surface area contributed by atoms with E-state index in [1.54, 1.807) is 12.1 Å². The molecule has 0 saturated heterocycles. The monoisotopic (exact) mass is 210 g/mol. The lowest BCUT2D eigenvalue weighted by Crippen LogP contribution is -1.93. The van der Waals surface area contributed by atoms with Gasteiger partial charge in [0, 0.05) is 6.07 Å². The zero-order chi connectivity index (χ0) is 10.1. The topological polar surface area (TPSA) is 55.0 Å². The number of nitrogens with one attached hydrogen (secondary N) is 1. The number of rotatable bonds is 2. The van der Waals surface area contributed by atoms with Crippen molar-refractivity contribution >= 4 is 27.9 Å². The molecule has 0 spiro atoms. The van der Waals surface area contributed by atoms with E-state index in [4.69, 9.17) is 16.3 Å². The van der Waals surface area contributed by atoms with E-state index in [0.29, 0.717) is 16.8 Å². The Morgan fingerprint density at radius 1 is 1.57 bits per heavy atom. The largest absolute Gasteiger partial charge is 0.497 e. The van der Waals surface area contributed by atoms with Crippen LogP contribution in [-0.2, 0) is 0 Å². The second kappa shape index (κ2) is 3.31. The molecule has 4 nitrogen and oxygen atoms in total. The number of aromatic nitrogens is 2. The Hall–Kier alpha value is -1.55. The number of halogens is 1. The average Bonchev–Trinajstić information content (AvgIpc) is 2.63. The number of fused-ring (bicyclic) bond motifs is 1. The first kappa shape index (κ1) is 9.02. The van der Waals surface area contributed by atoms with E-state index in [9.17, 15) is 4.79 Å². The van der Waals surface area contributed by atoms with Crippen molar-refractivity contribution in [3.05, 3.63) is 24.0 Å². The number of imidazole rings is 1. The van der Waals surface area contributed by atoms with Gasteiger partial charge in [0.2, 0.25) is 0 Å². The van der Waals surface area contributed by atoms with E-state index in [2.05, 4.69) is 9.97 Å². The highest BCUT2D eigenvalue weighted by atomic mass is 35.5. The smallest absolute Gasteiger partial charge is 0.254 e. The van der Waals surface area contributed by atoms with E-state index in [1.807, 2.05) is 0 Å². The fourth-order valence-corrected chi connectivity index (χ4v) is 1.44. The Kier molecular flexibility index (Phi) is 2.13. The van der Waals surface area contributed by atoms with Crippen LogP contribution < -0.4 is 4.74 Å². The molecule has 0 amide bonds. The molecule has 1 heterocycles. The third-order valence-electron chi connectivity index (χ3n) is 1.94. The van der Waals surface area contributed by atoms with Gasteiger partial charge in [-0.3, -0.25) is 4.79 Å². The van der Waals surface area contributed by atoms with Crippen molar-refractivity contribution in [3.63, 3.8) is 0 Å². The predicted octanol–water partition coefficient (Wildman–Crippen LogP) is 1.95. The van der Waals surface area contributed by atoms with Crippen LogP contribution in [-0.4, -0.2) is 22.3 Å². The van der Waals surface area contributed by atoms with Crippen LogP contribution in [0.25, 0.3) is 11.0 Å². The van der Waals surface area contributed by atoms with Crippen LogP contribution in [0.2, 0.25) is 0 Å². The summed E-state index contributed by atoms with van der Waals surface area (Å²) in [6.45, 7) is 0. The molecule has 0 bridgehead atoms. The summed E-state index contributed by atoms with van der Waals surface area (Å²) in [6, 6.07) is 3.32. The minimum absolute atomic E-state index is 0.349. The number of carbonyl (C=O) groups is 1. The first-order chi connectivity index (χ1) is 6.72. The lowest BCUT2D eigenvalue weighted by molar-refractivity contribution is 0.108. The number of aromatic amines is 1. The summed E-state index contributed by atoms with van der Waals surface area (Å²) < 4.78 is 5.02. The Labute approximate surface area is 84.9 Å². The third kappa shape index (κ3) is 1.33. The highest BCUT2D eigenvalue weighted by Gasteiger charge is 2.11. The van der Waals surface area contributed by atoms with Gasteiger partial charge in [-0.05, 0) is 17.7 Å². The Balaban J connectivity index is 2.76. The van der Waals surface area contributed by atoms with Crippen molar-refractivity contribution in [3.8, 4) is 5.75 Å². The van der Waals surface area contributed by atoms with Gasteiger partial charge in [0.25, 0.3) is 5.24 Å². The molecule has 0 aliphatic carbocycles. The molecule has 5 heteroatoms. The maximum absolute atomic E-state index is 11.1.